The predicted molar refractivity (Wildman–Crippen MR) is 115 cm³/mol. The lowest BCUT2D eigenvalue weighted by Crippen LogP contribution is -2.80. The third kappa shape index (κ3) is 1.91. The van der Waals surface area contributed by atoms with Crippen LogP contribution >= 0.6 is 0 Å². The summed E-state index contributed by atoms with van der Waals surface area (Å²) in [5, 5.41) is 6.56. The Morgan fingerprint density at radius 2 is 1.94 bits per heavy atom. The van der Waals surface area contributed by atoms with Crippen molar-refractivity contribution in [2.24, 2.45) is 11.3 Å². The molecule has 1 aliphatic carbocycles. The summed E-state index contributed by atoms with van der Waals surface area (Å²) in [6.07, 6.45) is 6.55. The van der Waals surface area contributed by atoms with Crippen molar-refractivity contribution in [3.05, 3.63) is 29.8 Å². The third-order valence-corrected chi connectivity index (χ3v) is 9.12. The molecule has 1 aromatic rings. The fraction of sp³-hybridized carbons (Fsp3) is 0.583. The van der Waals surface area contributed by atoms with Crippen molar-refractivity contribution < 1.29 is 19.1 Å². The van der Waals surface area contributed by atoms with E-state index in [1.807, 2.05) is 12.1 Å². The molecule has 31 heavy (non-hydrogen) atoms. The second kappa shape index (κ2) is 5.63. The average molecular weight is 424 g/mol. The van der Waals surface area contributed by atoms with Crippen LogP contribution in [0.15, 0.2) is 24.3 Å². The third-order valence-electron chi connectivity index (χ3n) is 9.12. The minimum absolute atomic E-state index is 0.00783. The predicted octanol–water partition coefficient (Wildman–Crippen LogP) is 2.21. The zero-order valence-corrected chi connectivity index (χ0v) is 18.5. The van der Waals surface area contributed by atoms with Crippen molar-refractivity contribution in [3.63, 3.8) is 0 Å². The Bertz CT molecular complexity index is 1070. The van der Waals surface area contributed by atoms with Crippen LogP contribution in [-0.2, 0) is 15.0 Å². The zero-order chi connectivity index (χ0) is 21.8. The molecule has 4 atom stereocenters. The molecular weight excluding hydrogens is 394 g/mol. The molecule has 7 heteroatoms. The van der Waals surface area contributed by atoms with E-state index in [2.05, 4.69) is 41.5 Å². The lowest BCUT2D eigenvalue weighted by molar-refractivity contribution is -0.155. The van der Waals surface area contributed by atoms with Gasteiger partial charge in [-0.25, -0.2) is 0 Å². The normalized spacial score (nSPS) is 39.0. The van der Waals surface area contributed by atoms with Gasteiger partial charge < -0.3 is 20.1 Å². The van der Waals surface area contributed by atoms with Gasteiger partial charge in [0.1, 0.15) is 5.54 Å². The molecule has 0 aromatic heterocycles. The molecule has 0 unspecified atom stereocenters. The number of nitrogens with zero attached hydrogens (tertiary/aromatic N) is 1. The summed E-state index contributed by atoms with van der Waals surface area (Å²) >= 11 is 0. The van der Waals surface area contributed by atoms with Gasteiger partial charge in [0.25, 0.3) is 0 Å². The van der Waals surface area contributed by atoms with Crippen LogP contribution in [0.2, 0.25) is 0 Å². The summed E-state index contributed by atoms with van der Waals surface area (Å²) in [6.45, 7) is 6.09. The van der Waals surface area contributed by atoms with E-state index in [-0.39, 0.29) is 23.1 Å². The second-order valence-electron chi connectivity index (χ2n) is 10.4. The number of anilines is 1. The van der Waals surface area contributed by atoms with E-state index < -0.39 is 16.5 Å². The van der Waals surface area contributed by atoms with Gasteiger partial charge in [0.2, 0.25) is 11.8 Å². The fourth-order valence-electron chi connectivity index (χ4n) is 7.69. The summed E-state index contributed by atoms with van der Waals surface area (Å²) in [5.41, 5.74) is -0.453. The first-order valence-electron chi connectivity index (χ1n) is 11.1. The minimum atomic E-state index is -0.746. The van der Waals surface area contributed by atoms with Crippen molar-refractivity contribution in [1.29, 1.82) is 0 Å². The summed E-state index contributed by atoms with van der Waals surface area (Å²) in [7, 11) is 3.19. The molecule has 2 bridgehead atoms. The van der Waals surface area contributed by atoms with Crippen molar-refractivity contribution in [1.82, 2.24) is 10.2 Å². The molecule has 7 nitrogen and oxygen atoms in total. The summed E-state index contributed by atoms with van der Waals surface area (Å²) in [6, 6.07) is 3.89. The van der Waals surface area contributed by atoms with E-state index in [1.54, 1.807) is 14.2 Å². The quantitative estimate of drug-likeness (QED) is 0.713. The van der Waals surface area contributed by atoms with Gasteiger partial charge in [-0.3, -0.25) is 14.5 Å². The first-order valence-corrected chi connectivity index (χ1v) is 11.1. The molecule has 1 saturated carbocycles. The Hall–Kier alpha value is -2.54. The number of benzene rings is 1. The topological polar surface area (TPSA) is 79.9 Å². The Labute approximate surface area is 182 Å². The monoisotopic (exact) mass is 423 g/mol. The van der Waals surface area contributed by atoms with Gasteiger partial charge in [-0.15, -0.1) is 0 Å². The van der Waals surface area contributed by atoms with Gasteiger partial charge in [0.05, 0.1) is 30.9 Å². The van der Waals surface area contributed by atoms with E-state index in [9.17, 15) is 9.59 Å². The Kier molecular flexibility index (Phi) is 3.48. The molecule has 0 radical (unpaired) electrons. The molecule has 1 aromatic carbocycles. The number of amides is 2. The number of carbonyl (C=O) groups is 2. The van der Waals surface area contributed by atoms with Gasteiger partial charge >= 0.3 is 0 Å². The number of piperidine rings is 2. The van der Waals surface area contributed by atoms with Gasteiger partial charge in [0, 0.05) is 13.1 Å². The van der Waals surface area contributed by atoms with Crippen LogP contribution in [0, 0.1) is 11.3 Å². The highest BCUT2D eigenvalue weighted by molar-refractivity contribution is 6.09. The van der Waals surface area contributed by atoms with E-state index in [1.165, 1.54) is 0 Å². The number of hydrogen-bond donors (Lipinski definition) is 2. The lowest BCUT2D eigenvalue weighted by Gasteiger charge is -2.62. The van der Waals surface area contributed by atoms with Gasteiger partial charge in [0.15, 0.2) is 11.5 Å². The molecule has 7 rings (SSSR count). The Balaban J connectivity index is 1.55. The zero-order valence-electron chi connectivity index (χ0n) is 18.5. The second-order valence-corrected chi connectivity index (χ2v) is 10.4. The minimum Gasteiger partial charge on any atom is -0.493 e. The number of rotatable bonds is 2. The smallest absolute Gasteiger partial charge is 0.245 e. The fourth-order valence-corrected chi connectivity index (χ4v) is 7.69. The number of methoxy groups -OCH3 is 2. The van der Waals surface area contributed by atoms with Crippen LogP contribution in [0.5, 0.6) is 11.5 Å². The van der Waals surface area contributed by atoms with E-state index in [4.69, 9.17) is 9.47 Å². The highest BCUT2D eigenvalue weighted by Gasteiger charge is 2.77. The SMILES string of the molecule is COc1ccc2c(c1OC)NC(=O)[C@@]21C[C@@]23CN4CCC=C[C@]4(C[C@H]2C1(C)C)C(=O)N3. The van der Waals surface area contributed by atoms with Crippen LogP contribution in [0.1, 0.15) is 38.7 Å². The summed E-state index contributed by atoms with van der Waals surface area (Å²) < 4.78 is 11.1. The van der Waals surface area contributed by atoms with E-state index in [0.717, 1.165) is 31.5 Å². The maximum Gasteiger partial charge on any atom is 0.245 e. The van der Waals surface area contributed by atoms with Crippen LogP contribution in [0.25, 0.3) is 0 Å². The average Bonchev–Trinajstić information content (AvgIpc) is 3.14. The molecule has 6 aliphatic rings. The summed E-state index contributed by atoms with van der Waals surface area (Å²) in [5.74, 6) is 1.42. The van der Waals surface area contributed by atoms with Gasteiger partial charge in [-0.1, -0.05) is 32.1 Å². The summed E-state index contributed by atoms with van der Waals surface area (Å²) in [4.78, 5) is 29.5. The molecule has 3 saturated heterocycles. The van der Waals surface area contributed by atoms with Gasteiger partial charge in [-0.05, 0) is 42.2 Å². The number of hydrogen-bond acceptors (Lipinski definition) is 5. The molecule has 164 valence electrons. The maximum absolute atomic E-state index is 13.8. The number of carbonyl (C=O) groups excluding carboxylic acids is 2. The molecule has 5 aliphatic heterocycles. The molecule has 4 fully saturated rings. The number of ether oxygens (including phenoxy) is 2. The van der Waals surface area contributed by atoms with Crippen LogP contribution < -0.4 is 20.1 Å². The van der Waals surface area contributed by atoms with Crippen molar-refractivity contribution in [3.8, 4) is 11.5 Å². The molecule has 2 amide bonds. The maximum atomic E-state index is 13.8. The van der Waals surface area contributed by atoms with Crippen molar-refractivity contribution in [2.45, 2.75) is 49.6 Å². The molecule has 2 N–H and O–H groups in total. The highest BCUT2D eigenvalue weighted by atomic mass is 16.5. The highest BCUT2D eigenvalue weighted by Crippen LogP contribution is 2.70. The van der Waals surface area contributed by atoms with Gasteiger partial charge in [-0.2, -0.15) is 0 Å². The Morgan fingerprint density at radius 3 is 2.68 bits per heavy atom. The van der Waals surface area contributed by atoms with E-state index >= 15 is 0 Å². The largest absolute Gasteiger partial charge is 0.493 e. The van der Waals surface area contributed by atoms with Crippen LogP contribution in [0.3, 0.4) is 0 Å². The molecular formula is C24H29N3O4. The number of nitrogens with one attached hydrogen (secondary N) is 2. The van der Waals surface area contributed by atoms with Crippen molar-refractivity contribution >= 4 is 17.5 Å². The van der Waals surface area contributed by atoms with Crippen LogP contribution in [-0.4, -0.2) is 55.1 Å². The number of fused-ring (bicyclic) bond motifs is 3. The van der Waals surface area contributed by atoms with Crippen LogP contribution in [0.4, 0.5) is 5.69 Å². The first-order chi connectivity index (χ1) is 14.8. The molecule has 3 spiro atoms. The lowest BCUT2D eigenvalue weighted by atomic mass is 9.57. The van der Waals surface area contributed by atoms with E-state index in [0.29, 0.717) is 23.6 Å². The number of piperazine rings is 1. The first kappa shape index (κ1) is 19.2. The standard InChI is InChI=1S/C24H29N3O4/c1-21(2)16-11-23-9-5-6-10-27(23)13-22(16,26-19(23)28)12-24(21)14-7-8-15(30-3)18(31-4)17(14)25-20(24)29/h5,7-9,16H,6,10-13H2,1-4H3,(H,25,29)(H,26,28)/t16-,22+,23-,24+/m0/s1. The van der Waals surface area contributed by atoms with Crippen molar-refractivity contribution in [2.75, 3.05) is 32.6 Å². The molecule has 5 heterocycles. The Morgan fingerprint density at radius 1 is 1.13 bits per heavy atom.